The SMILES string of the molecule is O=C(Nc1c(Cl)cc(F)cc1Cl)c1cc(F)c(F)c(F)c1. The van der Waals surface area contributed by atoms with E-state index in [0.717, 1.165) is 12.1 Å². The molecule has 1 amide bonds. The highest BCUT2D eigenvalue weighted by molar-refractivity contribution is 6.40. The van der Waals surface area contributed by atoms with Crippen LogP contribution in [0.25, 0.3) is 0 Å². The fourth-order valence-corrected chi connectivity index (χ4v) is 2.09. The van der Waals surface area contributed by atoms with Gasteiger partial charge in [-0.3, -0.25) is 4.79 Å². The van der Waals surface area contributed by atoms with Crippen molar-refractivity contribution in [1.82, 2.24) is 0 Å². The van der Waals surface area contributed by atoms with Crippen LogP contribution in [0.3, 0.4) is 0 Å². The van der Waals surface area contributed by atoms with Crippen LogP contribution in [0.1, 0.15) is 10.4 Å². The number of carbonyl (C=O) groups is 1. The molecule has 0 aliphatic rings. The van der Waals surface area contributed by atoms with Crippen molar-refractivity contribution in [3.05, 3.63) is 63.1 Å². The zero-order chi connectivity index (χ0) is 15.7. The monoisotopic (exact) mass is 337 g/mol. The van der Waals surface area contributed by atoms with Crippen molar-refractivity contribution in [1.29, 1.82) is 0 Å². The molecule has 2 aromatic rings. The van der Waals surface area contributed by atoms with Gasteiger partial charge >= 0.3 is 0 Å². The van der Waals surface area contributed by atoms with Gasteiger partial charge in [0, 0.05) is 5.56 Å². The Balaban J connectivity index is 2.35. The summed E-state index contributed by atoms with van der Waals surface area (Å²) in [7, 11) is 0. The van der Waals surface area contributed by atoms with Crippen LogP contribution in [0.15, 0.2) is 24.3 Å². The molecule has 2 aromatic carbocycles. The molecule has 0 aliphatic carbocycles. The minimum absolute atomic E-state index is 0.130. The van der Waals surface area contributed by atoms with Gasteiger partial charge in [0.05, 0.1) is 15.7 Å². The highest BCUT2D eigenvalue weighted by atomic mass is 35.5. The molecular weight excluding hydrogens is 333 g/mol. The summed E-state index contributed by atoms with van der Waals surface area (Å²) < 4.78 is 51.9. The van der Waals surface area contributed by atoms with Gasteiger partial charge in [0.15, 0.2) is 17.5 Å². The first-order valence-electron chi connectivity index (χ1n) is 5.40. The molecule has 2 rings (SSSR count). The van der Waals surface area contributed by atoms with Gasteiger partial charge in [0.1, 0.15) is 5.82 Å². The van der Waals surface area contributed by atoms with Gasteiger partial charge in [-0.25, -0.2) is 17.6 Å². The number of anilines is 1. The smallest absolute Gasteiger partial charge is 0.255 e. The summed E-state index contributed by atoms with van der Waals surface area (Å²) in [5.74, 6) is -6.43. The van der Waals surface area contributed by atoms with Crippen molar-refractivity contribution in [2.45, 2.75) is 0 Å². The largest absolute Gasteiger partial charge is 0.319 e. The number of amides is 1. The Labute approximate surface area is 126 Å². The molecule has 0 spiro atoms. The molecular formula is C13H5Cl2F4NO. The summed E-state index contributed by atoms with van der Waals surface area (Å²) in [6.07, 6.45) is 0. The molecule has 1 N–H and O–H groups in total. The molecule has 0 saturated carbocycles. The number of halogens is 6. The van der Waals surface area contributed by atoms with Crippen molar-refractivity contribution in [2.24, 2.45) is 0 Å². The maximum Gasteiger partial charge on any atom is 0.255 e. The standard InChI is InChI=1S/C13H5Cl2F4NO/c14-7-3-6(16)4-8(15)12(7)20-13(21)5-1-9(17)11(19)10(18)2-5/h1-4H,(H,20,21). The Morgan fingerprint density at radius 3 is 1.86 bits per heavy atom. The van der Waals surface area contributed by atoms with Gasteiger partial charge in [0.25, 0.3) is 5.91 Å². The number of hydrogen-bond acceptors (Lipinski definition) is 1. The second kappa shape index (κ2) is 5.91. The first-order chi connectivity index (χ1) is 9.79. The van der Waals surface area contributed by atoms with Gasteiger partial charge in [-0.1, -0.05) is 23.2 Å². The topological polar surface area (TPSA) is 29.1 Å². The first kappa shape index (κ1) is 15.6. The molecule has 0 aliphatic heterocycles. The maximum atomic E-state index is 13.1. The number of benzene rings is 2. The van der Waals surface area contributed by atoms with Gasteiger partial charge in [0.2, 0.25) is 0 Å². The summed E-state index contributed by atoms with van der Waals surface area (Å²) in [6, 6.07) is 2.82. The quantitative estimate of drug-likeness (QED) is 0.618. The first-order valence-corrected chi connectivity index (χ1v) is 6.15. The number of nitrogens with one attached hydrogen (secondary N) is 1. The number of hydrogen-bond donors (Lipinski definition) is 1. The second-order valence-electron chi connectivity index (χ2n) is 3.95. The predicted octanol–water partition coefficient (Wildman–Crippen LogP) is 4.80. The zero-order valence-electron chi connectivity index (χ0n) is 9.99. The normalized spacial score (nSPS) is 10.6. The van der Waals surface area contributed by atoms with E-state index in [4.69, 9.17) is 23.2 Å². The third-order valence-corrected chi connectivity index (χ3v) is 3.09. The van der Waals surface area contributed by atoms with Crippen LogP contribution in [0.2, 0.25) is 10.0 Å². The van der Waals surface area contributed by atoms with E-state index in [-0.39, 0.29) is 15.7 Å². The fraction of sp³-hybridized carbons (Fsp3) is 0. The lowest BCUT2D eigenvalue weighted by Gasteiger charge is -2.10. The van der Waals surface area contributed by atoms with Crippen LogP contribution < -0.4 is 5.32 Å². The third-order valence-electron chi connectivity index (χ3n) is 2.49. The lowest BCUT2D eigenvalue weighted by Crippen LogP contribution is -2.14. The summed E-state index contributed by atoms with van der Waals surface area (Å²) in [5.41, 5.74) is -0.613. The molecule has 8 heteroatoms. The Bertz CT molecular complexity index is 690. The van der Waals surface area contributed by atoms with E-state index >= 15 is 0 Å². The van der Waals surface area contributed by atoms with Crippen LogP contribution in [0, 0.1) is 23.3 Å². The summed E-state index contributed by atoms with van der Waals surface area (Å²) in [4.78, 5) is 11.8. The van der Waals surface area contributed by atoms with Gasteiger partial charge in [-0.15, -0.1) is 0 Å². The van der Waals surface area contributed by atoms with Crippen LogP contribution in [0.5, 0.6) is 0 Å². The van der Waals surface area contributed by atoms with Gasteiger partial charge in [-0.2, -0.15) is 0 Å². The highest BCUT2D eigenvalue weighted by Crippen LogP contribution is 2.31. The lowest BCUT2D eigenvalue weighted by atomic mass is 10.2. The van der Waals surface area contributed by atoms with Crippen molar-refractivity contribution in [2.75, 3.05) is 5.32 Å². The van der Waals surface area contributed by atoms with Gasteiger partial charge < -0.3 is 5.32 Å². The van der Waals surface area contributed by atoms with Crippen LogP contribution in [0.4, 0.5) is 23.2 Å². The maximum absolute atomic E-state index is 13.1. The van der Waals surface area contributed by atoms with Gasteiger partial charge in [-0.05, 0) is 24.3 Å². The summed E-state index contributed by atoms with van der Waals surface area (Å²) >= 11 is 11.4. The van der Waals surface area contributed by atoms with Crippen molar-refractivity contribution in [3.8, 4) is 0 Å². The Kier molecular flexibility index (Phi) is 4.39. The van der Waals surface area contributed by atoms with E-state index in [1.165, 1.54) is 0 Å². The Morgan fingerprint density at radius 2 is 1.38 bits per heavy atom. The van der Waals surface area contributed by atoms with E-state index in [1.807, 2.05) is 0 Å². The number of carbonyl (C=O) groups excluding carboxylic acids is 1. The molecule has 0 saturated heterocycles. The van der Waals surface area contributed by atoms with E-state index < -0.39 is 34.7 Å². The molecule has 0 unspecified atom stereocenters. The highest BCUT2D eigenvalue weighted by Gasteiger charge is 2.17. The van der Waals surface area contributed by atoms with E-state index in [0.29, 0.717) is 12.1 Å². The molecule has 2 nitrogen and oxygen atoms in total. The van der Waals surface area contributed by atoms with Crippen LogP contribution in [-0.2, 0) is 0 Å². The summed E-state index contributed by atoms with van der Waals surface area (Å²) in [6.45, 7) is 0. The Morgan fingerprint density at radius 1 is 0.905 bits per heavy atom. The van der Waals surface area contributed by atoms with Crippen molar-refractivity contribution >= 4 is 34.8 Å². The van der Waals surface area contributed by atoms with Crippen LogP contribution in [-0.4, -0.2) is 5.91 Å². The molecule has 0 bridgehead atoms. The molecule has 0 atom stereocenters. The predicted molar refractivity (Wildman–Crippen MR) is 70.7 cm³/mol. The zero-order valence-corrected chi connectivity index (χ0v) is 11.5. The lowest BCUT2D eigenvalue weighted by molar-refractivity contribution is 0.102. The van der Waals surface area contributed by atoms with E-state index in [9.17, 15) is 22.4 Å². The molecule has 110 valence electrons. The minimum atomic E-state index is -1.69. The molecule has 0 aromatic heterocycles. The third kappa shape index (κ3) is 3.28. The minimum Gasteiger partial charge on any atom is -0.319 e. The average Bonchev–Trinajstić information content (AvgIpc) is 2.39. The molecule has 0 heterocycles. The fourth-order valence-electron chi connectivity index (χ4n) is 1.53. The molecule has 0 fully saturated rings. The van der Waals surface area contributed by atoms with Crippen molar-refractivity contribution < 1.29 is 22.4 Å². The second-order valence-corrected chi connectivity index (χ2v) is 4.77. The average molecular weight is 338 g/mol. The summed E-state index contributed by atoms with van der Waals surface area (Å²) in [5, 5.41) is 1.78. The molecule has 21 heavy (non-hydrogen) atoms. The van der Waals surface area contributed by atoms with E-state index in [1.54, 1.807) is 0 Å². The van der Waals surface area contributed by atoms with E-state index in [2.05, 4.69) is 5.32 Å². The van der Waals surface area contributed by atoms with Crippen molar-refractivity contribution in [3.63, 3.8) is 0 Å². The number of rotatable bonds is 2. The Hall–Kier alpha value is -1.79. The molecule has 0 radical (unpaired) electrons. The van der Waals surface area contributed by atoms with Crippen LogP contribution >= 0.6 is 23.2 Å².